The van der Waals surface area contributed by atoms with Gasteiger partial charge in [-0.1, -0.05) is 28.1 Å². The molecule has 0 saturated carbocycles. The van der Waals surface area contributed by atoms with E-state index in [4.69, 9.17) is 9.15 Å². The normalized spacial score (nSPS) is 11.3. The van der Waals surface area contributed by atoms with Crippen molar-refractivity contribution in [2.45, 2.75) is 6.61 Å². The van der Waals surface area contributed by atoms with E-state index in [0.717, 1.165) is 10.0 Å². The van der Waals surface area contributed by atoms with E-state index in [0.29, 0.717) is 16.1 Å². The molecule has 36 heavy (non-hydrogen) atoms. The zero-order valence-electron chi connectivity index (χ0n) is 17.8. The summed E-state index contributed by atoms with van der Waals surface area (Å²) in [7, 11) is 0. The van der Waals surface area contributed by atoms with Gasteiger partial charge < -0.3 is 9.15 Å². The maximum Gasteiger partial charge on any atom is 0.346 e. The molecule has 0 saturated heterocycles. The highest BCUT2D eigenvalue weighted by atomic mass is 79.9. The van der Waals surface area contributed by atoms with Crippen molar-refractivity contribution < 1.29 is 31.1 Å². The number of benzene rings is 3. The molecule has 0 aliphatic heterocycles. The lowest BCUT2D eigenvalue weighted by atomic mass is 10.1. The Balaban J connectivity index is 1.42. The SMILES string of the molecule is O=c1oc2cc(OCc3c(F)c(F)c(F)c(F)c3F)ccc2cc1-c1nc(-c2ccc(Br)cc2)cs1. The first kappa shape index (κ1) is 24.1. The standard InChI is InChI=1S/C25H11BrF5NO3S/c26-13-4-1-11(2-5-13)17-10-36-24(32-17)15-7-12-3-6-14(8-18(12)35-25(15)33)34-9-16-19(27)21(29)23(31)22(30)20(16)28/h1-8,10H,9H2. The van der Waals surface area contributed by atoms with Gasteiger partial charge in [0.1, 0.15) is 22.9 Å². The minimum atomic E-state index is -2.25. The minimum absolute atomic E-state index is 0.00545. The maximum atomic E-state index is 13.9. The average Bonchev–Trinajstić information content (AvgIpc) is 3.36. The maximum absolute atomic E-state index is 13.9. The van der Waals surface area contributed by atoms with Crippen molar-refractivity contribution in [2.24, 2.45) is 0 Å². The molecular weight excluding hydrogens is 569 g/mol. The van der Waals surface area contributed by atoms with Crippen LogP contribution in [0.4, 0.5) is 22.0 Å². The smallest absolute Gasteiger partial charge is 0.346 e. The number of rotatable bonds is 5. The molecule has 0 radical (unpaired) electrons. The van der Waals surface area contributed by atoms with Crippen LogP contribution in [-0.2, 0) is 6.61 Å². The Kier molecular flexibility index (Phi) is 6.35. The Morgan fingerprint density at radius 2 is 1.56 bits per heavy atom. The molecule has 0 fully saturated rings. The largest absolute Gasteiger partial charge is 0.489 e. The Labute approximate surface area is 211 Å². The first-order chi connectivity index (χ1) is 17.2. The zero-order valence-corrected chi connectivity index (χ0v) is 20.2. The number of ether oxygens (including phenoxy) is 1. The van der Waals surface area contributed by atoms with Crippen molar-refractivity contribution in [3.05, 3.63) is 103 Å². The van der Waals surface area contributed by atoms with Gasteiger partial charge in [-0.2, -0.15) is 0 Å². The van der Waals surface area contributed by atoms with E-state index in [1.54, 1.807) is 6.07 Å². The van der Waals surface area contributed by atoms with E-state index in [9.17, 15) is 26.7 Å². The third-order valence-corrected chi connectivity index (χ3v) is 6.67. The molecule has 0 aliphatic carbocycles. The summed E-state index contributed by atoms with van der Waals surface area (Å²) >= 11 is 4.65. The Hall–Kier alpha value is -3.57. The minimum Gasteiger partial charge on any atom is -0.489 e. The van der Waals surface area contributed by atoms with Crippen LogP contribution in [0.15, 0.2) is 67.6 Å². The second kappa shape index (κ2) is 9.47. The number of aromatic nitrogens is 1. The molecule has 0 N–H and O–H groups in total. The topological polar surface area (TPSA) is 52.3 Å². The van der Waals surface area contributed by atoms with Gasteiger partial charge in [-0.05, 0) is 30.3 Å². The van der Waals surface area contributed by atoms with Crippen molar-refractivity contribution in [1.29, 1.82) is 0 Å². The molecule has 0 amide bonds. The van der Waals surface area contributed by atoms with Gasteiger partial charge in [0, 0.05) is 26.9 Å². The predicted octanol–water partition coefficient (Wildman–Crippen LogP) is 7.62. The van der Waals surface area contributed by atoms with E-state index in [1.165, 1.54) is 29.5 Å². The van der Waals surface area contributed by atoms with Crippen LogP contribution in [0.2, 0.25) is 0 Å². The molecule has 0 unspecified atom stereocenters. The van der Waals surface area contributed by atoms with Crippen LogP contribution in [0.5, 0.6) is 5.75 Å². The van der Waals surface area contributed by atoms with Crippen molar-refractivity contribution >= 4 is 38.2 Å². The second-order valence-corrected chi connectivity index (χ2v) is 9.30. The Morgan fingerprint density at radius 3 is 2.25 bits per heavy atom. The number of hydrogen-bond donors (Lipinski definition) is 0. The van der Waals surface area contributed by atoms with Gasteiger partial charge in [0.2, 0.25) is 5.82 Å². The van der Waals surface area contributed by atoms with E-state index in [2.05, 4.69) is 20.9 Å². The summed E-state index contributed by atoms with van der Waals surface area (Å²) in [5, 5.41) is 2.78. The molecule has 2 aromatic heterocycles. The highest BCUT2D eigenvalue weighted by molar-refractivity contribution is 9.10. The molecule has 5 aromatic rings. The number of nitrogens with zero attached hydrogens (tertiary/aromatic N) is 1. The fourth-order valence-electron chi connectivity index (χ4n) is 3.41. The van der Waals surface area contributed by atoms with E-state index in [1.807, 2.05) is 29.6 Å². The number of hydrogen-bond acceptors (Lipinski definition) is 5. The third kappa shape index (κ3) is 4.40. The van der Waals surface area contributed by atoms with E-state index < -0.39 is 46.9 Å². The number of thiazole rings is 1. The molecule has 182 valence electrons. The zero-order chi connectivity index (χ0) is 25.6. The number of halogens is 6. The predicted molar refractivity (Wildman–Crippen MR) is 127 cm³/mol. The van der Waals surface area contributed by atoms with Crippen molar-refractivity contribution in [1.82, 2.24) is 4.98 Å². The Morgan fingerprint density at radius 1 is 0.889 bits per heavy atom. The third-order valence-electron chi connectivity index (χ3n) is 5.27. The highest BCUT2D eigenvalue weighted by Gasteiger charge is 2.26. The van der Waals surface area contributed by atoms with Crippen LogP contribution in [0.1, 0.15) is 5.56 Å². The van der Waals surface area contributed by atoms with E-state index in [-0.39, 0.29) is 16.9 Å². The summed E-state index contributed by atoms with van der Waals surface area (Å²) in [6.45, 7) is -0.933. The molecular formula is C25H11BrF5NO3S. The van der Waals surface area contributed by atoms with Gasteiger partial charge in [0.25, 0.3) is 0 Å². The summed E-state index contributed by atoms with van der Waals surface area (Å²) < 4.78 is 79.3. The molecule has 0 spiro atoms. The number of fused-ring (bicyclic) bond motifs is 1. The van der Waals surface area contributed by atoms with Gasteiger partial charge in [-0.3, -0.25) is 0 Å². The first-order valence-corrected chi connectivity index (χ1v) is 11.8. The quantitative estimate of drug-likeness (QED) is 0.0930. The van der Waals surface area contributed by atoms with Gasteiger partial charge in [-0.15, -0.1) is 11.3 Å². The molecule has 3 aromatic carbocycles. The van der Waals surface area contributed by atoms with Crippen molar-refractivity contribution in [2.75, 3.05) is 0 Å². The van der Waals surface area contributed by atoms with Crippen LogP contribution in [0, 0.1) is 29.1 Å². The molecule has 2 heterocycles. The van der Waals surface area contributed by atoms with Crippen LogP contribution in [0.25, 0.3) is 32.8 Å². The molecule has 0 atom stereocenters. The van der Waals surface area contributed by atoms with Gasteiger partial charge in [0.15, 0.2) is 23.3 Å². The summed E-state index contributed by atoms with van der Waals surface area (Å²) in [6, 6.07) is 13.3. The second-order valence-electron chi connectivity index (χ2n) is 7.53. The summed E-state index contributed by atoms with van der Waals surface area (Å²) in [5.74, 6) is -10.3. The lowest BCUT2D eigenvalue weighted by molar-refractivity contribution is 0.279. The van der Waals surface area contributed by atoms with Gasteiger partial charge >= 0.3 is 5.63 Å². The Bertz CT molecular complexity index is 1660. The van der Waals surface area contributed by atoms with Crippen molar-refractivity contribution in [3.8, 4) is 27.6 Å². The van der Waals surface area contributed by atoms with Crippen LogP contribution < -0.4 is 10.4 Å². The van der Waals surface area contributed by atoms with Crippen LogP contribution in [-0.4, -0.2) is 4.98 Å². The lowest BCUT2D eigenvalue weighted by Gasteiger charge is -2.10. The van der Waals surface area contributed by atoms with E-state index >= 15 is 0 Å². The molecule has 11 heteroatoms. The lowest BCUT2D eigenvalue weighted by Crippen LogP contribution is -2.10. The molecule has 5 rings (SSSR count). The molecule has 0 bridgehead atoms. The van der Waals surface area contributed by atoms with Gasteiger partial charge in [0.05, 0.1) is 16.8 Å². The average molecular weight is 580 g/mol. The fraction of sp³-hybridized carbons (Fsp3) is 0.0400. The summed E-state index contributed by atoms with van der Waals surface area (Å²) in [4.78, 5) is 17.2. The monoisotopic (exact) mass is 579 g/mol. The molecule has 4 nitrogen and oxygen atoms in total. The summed E-state index contributed by atoms with van der Waals surface area (Å²) in [6.07, 6.45) is 0. The molecule has 0 aliphatic rings. The van der Waals surface area contributed by atoms with Crippen LogP contribution in [0.3, 0.4) is 0 Å². The highest BCUT2D eigenvalue weighted by Crippen LogP contribution is 2.31. The summed E-state index contributed by atoms with van der Waals surface area (Å²) in [5.41, 5.74) is 0.124. The van der Waals surface area contributed by atoms with Crippen molar-refractivity contribution in [3.63, 3.8) is 0 Å². The van der Waals surface area contributed by atoms with Crippen LogP contribution >= 0.6 is 27.3 Å². The fourth-order valence-corrected chi connectivity index (χ4v) is 4.51. The van der Waals surface area contributed by atoms with Gasteiger partial charge in [-0.25, -0.2) is 31.7 Å². The first-order valence-electron chi connectivity index (χ1n) is 10.2.